The lowest BCUT2D eigenvalue weighted by atomic mass is 10.0. The summed E-state index contributed by atoms with van der Waals surface area (Å²) in [7, 11) is 0. The summed E-state index contributed by atoms with van der Waals surface area (Å²) in [4.78, 5) is 2.29. The molecule has 1 aromatic rings. The summed E-state index contributed by atoms with van der Waals surface area (Å²) >= 11 is 0. The average Bonchev–Trinajstić information content (AvgIpc) is 2.39. The molecule has 0 radical (unpaired) electrons. The van der Waals surface area contributed by atoms with Crippen molar-refractivity contribution in [2.75, 3.05) is 26.2 Å². The van der Waals surface area contributed by atoms with Gasteiger partial charge >= 0.3 is 6.36 Å². The number of hydrogen-bond donors (Lipinski definition) is 1. The van der Waals surface area contributed by atoms with E-state index in [4.69, 9.17) is 0 Å². The predicted octanol–water partition coefficient (Wildman–Crippen LogP) is 2.94. The number of rotatable bonds is 4. The summed E-state index contributed by atoms with van der Waals surface area (Å²) in [6.07, 6.45) is -3.79. The van der Waals surface area contributed by atoms with Crippen LogP contribution >= 0.6 is 0 Å². The molecule has 1 aliphatic heterocycles. The van der Waals surface area contributed by atoms with Crippen LogP contribution in [0.15, 0.2) is 24.3 Å². The van der Waals surface area contributed by atoms with Gasteiger partial charge in [0.05, 0.1) is 0 Å². The molecule has 0 spiro atoms. The van der Waals surface area contributed by atoms with Crippen molar-refractivity contribution in [3.05, 3.63) is 29.8 Å². The van der Waals surface area contributed by atoms with Crippen LogP contribution in [-0.2, 0) is 0 Å². The van der Waals surface area contributed by atoms with Gasteiger partial charge in [0, 0.05) is 32.2 Å². The second-order valence-corrected chi connectivity index (χ2v) is 4.83. The number of nitrogens with zero attached hydrogens (tertiary/aromatic N) is 1. The van der Waals surface area contributed by atoms with Gasteiger partial charge in [-0.3, -0.25) is 4.90 Å². The molecule has 1 saturated heterocycles. The van der Waals surface area contributed by atoms with E-state index in [-0.39, 0.29) is 11.8 Å². The van der Waals surface area contributed by atoms with Crippen molar-refractivity contribution in [3.8, 4) is 5.75 Å². The molecular formula is C14H19F3N2O. The summed E-state index contributed by atoms with van der Waals surface area (Å²) < 4.78 is 40.8. The van der Waals surface area contributed by atoms with Crippen LogP contribution in [-0.4, -0.2) is 37.4 Å². The van der Waals surface area contributed by atoms with Crippen LogP contribution in [0.25, 0.3) is 0 Å². The minimum absolute atomic E-state index is 0.133. The molecule has 0 bridgehead atoms. The minimum Gasteiger partial charge on any atom is -0.406 e. The molecule has 1 fully saturated rings. The molecule has 1 aromatic carbocycles. The van der Waals surface area contributed by atoms with E-state index in [9.17, 15) is 13.2 Å². The maximum absolute atomic E-state index is 12.3. The van der Waals surface area contributed by atoms with E-state index in [1.54, 1.807) is 6.07 Å². The van der Waals surface area contributed by atoms with Crippen LogP contribution in [0.4, 0.5) is 13.2 Å². The SMILES string of the molecule is CC[C@@H](c1cccc(OC(F)(F)F)c1)N1CCNCC1. The lowest BCUT2D eigenvalue weighted by molar-refractivity contribution is -0.274. The molecule has 2 rings (SSSR count). The van der Waals surface area contributed by atoms with Crippen molar-refractivity contribution in [1.82, 2.24) is 10.2 Å². The zero-order valence-corrected chi connectivity index (χ0v) is 11.4. The molecule has 1 N–H and O–H groups in total. The number of nitrogens with one attached hydrogen (secondary N) is 1. The maximum atomic E-state index is 12.3. The van der Waals surface area contributed by atoms with Gasteiger partial charge in [-0.1, -0.05) is 19.1 Å². The molecule has 0 aromatic heterocycles. The Morgan fingerprint density at radius 2 is 2.00 bits per heavy atom. The molecule has 6 heteroatoms. The Morgan fingerprint density at radius 1 is 1.30 bits per heavy atom. The molecule has 112 valence electrons. The normalized spacial score (nSPS) is 18.8. The van der Waals surface area contributed by atoms with Crippen LogP contribution in [0.5, 0.6) is 5.75 Å². The van der Waals surface area contributed by atoms with Crippen molar-refractivity contribution >= 4 is 0 Å². The first-order valence-corrected chi connectivity index (χ1v) is 6.80. The number of halogens is 3. The molecule has 20 heavy (non-hydrogen) atoms. The van der Waals surface area contributed by atoms with E-state index in [0.29, 0.717) is 0 Å². The van der Waals surface area contributed by atoms with E-state index >= 15 is 0 Å². The van der Waals surface area contributed by atoms with Crippen molar-refractivity contribution < 1.29 is 17.9 Å². The van der Waals surface area contributed by atoms with Gasteiger partial charge in [-0.2, -0.15) is 0 Å². The predicted molar refractivity (Wildman–Crippen MR) is 70.6 cm³/mol. The lowest BCUT2D eigenvalue weighted by Gasteiger charge is -2.34. The molecule has 1 heterocycles. The van der Waals surface area contributed by atoms with E-state index in [2.05, 4.69) is 15.0 Å². The Hall–Kier alpha value is -1.27. The van der Waals surface area contributed by atoms with Crippen LogP contribution in [0.2, 0.25) is 0 Å². The largest absolute Gasteiger partial charge is 0.573 e. The summed E-state index contributed by atoms with van der Waals surface area (Å²) in [5.41, 5.74) is 0.871. The lowest BCUT2D eigenvalue weighted by Crippen LogP contribution is -2.45. The van der Waals surface area contributed by atoms with Gasteiger partial charge in [-0.05, 0) is 24.1 Å². The van der Waals surface area contributed by atoms with Crippen LogP contribution in [0.3, 0.4) is 0 Å². The Labute approximate surface area is 116 Å². The first kappa shape index (κ1) is 15.1. The third kappa shape index (κ3) is 4.11. The third-order valence-electron chi connectivity index (χ3n) is 3.46. The quantitative estimate of drug-likeness (QED) is 0.922. The molecule has 3 nitrogen and oxygen atoms in total. The van der Waals surface area contributed by atoms with E-state index in [1.165, 1.54) is 12.1 Å². The van der Waals surface area contributed by atoms with Gasteiger partial charge < -0.3 is 10.1 Å². The third-order valence-corrected chi connectivity index (χ3v) is 3.46. The molecule has 0 saturated carbocycles. The summed E-state index contributed by atoms with van der Waals surface area (Å²) in [6, 6.07) is 6.43. The molecule has 0 amide bonds. The van der Waals surface area contributed by atoms with Crippen molar-refractivity contribution in [2.45, 2.75) is 25.7 Å². The first-order valence-electron chi connectivity index (χ1n) is 6.80. The maximum Gasteiger partial charge on any atom is 0.573 e. The second kappa shape index (κ2) is 6.45. The zero-order valence-electron chi connectivity index (χ0n) is 11.4. The number of hydrogen-bond acceptors (Lipinski definition) is 3. The minimum atomic E-state index is -4.64. The van der Waals surface area contributed by atoms with Crippen LogP contribution in [0, 0.1) is 0 Å². The molecule has 1 aliphatic rings. The van der Waals surface area contributed by atoms with Gasteiger partial charge in [-0.15, -0.1) is 13.2 Å². The standard InChI is InChI=1S/C14H19F3N2O/c1-2-13(19-8-6-18-7-9-19)11-4-3-5-12(10-11)20-14(15,16)17/h3-5,10,13,18H,2,6-9H2,1H3/t13-/m0/s1. The fourth-order valence-electron chi connectivity index (χ4n) is 2.62. The van der Waals surface area contributed by atoms with E-state index < -0.39 is 6.36 Å². The smallest absolute Gasteiger partial charge is 0.406 e. The van der Waals surface area contributed by atoms with Gasteiger partial charge in [-0.25, -0.2) is 0 Å². The number of benzene rings is 1. The second-order valence-electron chi connectivity index (χ2n) is 4.83. The monoisotopic (exact) mass is 288 g/mol. The number of ether oxygens (including phenoxy) is 1. The topological polar surface area (TPSA) is 24.5 Å². The van der Waals surface area contributed by atoms with E-state index in [1.807, 2.05) is 13.0 Å². The Bertz CT molecular complexity index is 431. The highest BCUT2D eigenvalue weighted by Gasteiger charge is 2.31. The Balaban J connectivity index is 2.14. The van der Waals surface area contributed by atoms with Crippen LogP contribution in [0.1, 0.15) is 24.9 Å². The van der Waals surface area contributed by atoms with Gasteiger partial charge in [0.1, 0.15) is 5.75 Å². The molecule has 1 atom stereocenters. The molecule has 0 aliphatic carbocycles. The highest BCUT2D eigenvalue weighted by Crippen LogP contribution is 2.29. The summed E-state index contributed by atoms with van der Waals surface area (Å²) in [6.45, 7) is 5.68. The summed E-state index contributed by atoms with van der Waals surface area (Å²) in [5, 5.41) is 3.27. The van der Waals surface area contributed by atoms with Gasteiger partial charge in [0.15, 0.2) is 0 Å². The fraction of sp³-hybridized carbons (Fsp3) is 0.571. The zero-order chi connectivity index (χ0) is 14.6. The highest BCUT2D eigenvalue weighted by atomic mass is 19.4. The van der Waals surface area contributed by atoms with Gasteiger partial charge in [0.25, 0.3) is 0 Å². The van der Waals surface area contributed by atoms with Gasteiger partial charge in [0.2, 0.25) is 0 Å². The average molecular weight is 288 g/mol. The van der Waals surface area contributed by atoms with Crippen molar-refractivity contribution in [1.29, 1.82) is 0 Å². The first-order chi connectivity index (χ1) is 9.49. The number of piperazine rings is 1. The van der Waals surface area contributed by atoms with E-state index in [0.717, 1.165) is 38.2 Å². The molecule has 0 unspecified atom stereocenters. The Morgan fingerprint density at radius 3 is 2.60 bits per heavy atom. The number of alkyl halides is 3. The summed E-state index contributed by atoms with van der Waals surface area (Å²) in [5.74, 6) is -0.149. The highest BCUT2D eigenvalue weighted by molar-refractivity contribution is 5.31. The Kier molecular flexibility index (Phi) is 4.88. The fourth-order valence-corrected chi connectivity index (χ4v) is 2.62. The molecular weight excluding hydrogens is 269 g/mol. The van der Waals surface area contributed by atoms with Crippen molar-refractivity contribution in [2.24, 2.45) is 0 Å². The van der Waals surface area contributed by atoms with Crippen molar-refractivity contribution in [3.63, 3.8) is 0 Å². The van der Waals surface area contributed by atoms with Crippen LogP contribution < -0.4 is 10.1 Å².